The molecule has 0 spiro atoms. The fraction of sp³-hybridized carbons (Fsp3) is 0.816. The number of carbonyl (C=O) groups excluding carboxylic acids is 6. The van der Waals surface area contributed by atoms with E-state index in [2.05, 4.69) is 119 Å². The van der Waals surface area contributed by atoms with Crippen molar-refractivity contribution in [2.75, 3.05) is 36.3 Å². The van der Waals surface area contributed by atoms with E-state index in [-0.39, 0.29) is 104 Å². The van der Waals surface area contributed by atoms with Gasteiger partial charge in [0, 0.05) is 45.9 Å². The van der Waals surface area contributed by atoms with Crippen molar-refractivity contribution < 1.29 is 57.6 Å². The van der Waals surface area contributed by atoms with Crippen molar-refractivity contribution >= 4 is 82.9 Å². The number of nitrogens with one attached hydrogen (secondary N) is 3. The Balaban J connectivity index is 1.93. The van der Waals surface area contributed by atoms with Gasteiger partial charge in [-0.1, -0.05) is 217 Å². The molecule has 3 aliphatic rings. The van der Waals surface area contributed by atoms with Gasteiger partial charge >= 0.3 is 29.8 Å². The number of aliphatic imine (C=N–C) groups is 1. The topological polar surface area (TPSA) is 229 Å². The summed E-state index contributed by atoms with van der Waals surface area (Å²) in [5.74, 6) is -1.34. The minimum Gasteiger partial charge on any atom is -0.481 e. The van der Waals surface area contributed by atoms with Crippen LogP contribution in [-0.4, -0.2) is 106 Å². The lowest BCUT2D eigenvalue weighted by Crippen LogP contribution is -2.50. The van der Waals surface area contributed by atoms with Gasteiger partial charge in [-0.2, -0.15) is 11.8 Å². The van der Waals surface area contributed by atoms with Gasteiger partial charge in [0.15, 0.2) is 0 Å². The maximum atomic E-state index is 16.0. The molecule has 0 aromatic carbocycles. The number of esters is 4. The molecule has 4 rings (SSSR count). The van der Waals surface area contributed by atoms with Crippen LogP contribution in [0.5, 0.6) is 0 Å². The summed E-state index contributed by atoms with van der Waals surface area (Å²) < 4.78 is 25.1. The van der Waals surface area contributed by atoms with Crippen molar-refractivity contribution in [3.05, 3.63) is 33.7 Å². The molecule has 2 aliphatic carbocycles. The number of nitrogens with zero attached hydrogens (tertiary/aromatic N) is 1. The predicted molar refractivity (Wildman–Crippen MR) is 436 cm³/mol. The number of H-pyrrole nitrogens is 1. The number of allylic oxidation sites excluding steroid dienone is 1. The number of methoxy groups -OCH3 is 1. The zero-order chi connectivity index (χ0) is 79.4. The molecule has 0 radical (unpaired) electrons. The van der Waals surface area contributed by atoms with Gasteiger partial charge in [0.1, 0.15) is 40.2 Å². The summed E-state index contributed by atoms with van der Waals surface area (Å²) in [6.45, 7) is 53.4. The molecule has 16 nitrogen and oxygen atoms in total. The summed E-state index contributed by atoms with van der Waals surface area (Å²) in [6, 6.07) is 0. The fourth-order valence-electron chi connectivity index (χ4n) is 16.8. The molecule has 18 heteroatoms. The molecule has 2 saturated carbocycles. The molecule has 1 aromatic rings. The Kier molecular flexibility index (Phi) is 36.2. The van der Waals surface area contributed by atoms with Gasteiger partial charge < -0.3 is 39.7 Å². The van der Waals surface area contributed by atoms with Crippen LogP contribution in [0.25, 0.3) is 6.08 Å². The number of aliphatic carboxylic acids is 1. The van der Waals surface area contributed by atoms with E-state index in [4.69, 9.17) is 23.9 Å². The summed E-state index contributed by atoms with van der Waals surface area (Å²) in [4.78, 5) is 110. The molecule has 1 aromatic heterocycles. The highest BCUT2D eigenvalue weighted by Crippen LogP contribution is 2.53. The molecule has 0 bridgehead atoms. The molecular weight excluding hydrogens is 1360 g/mol. The van der Waals surface area contributed by atoms with Crippen LogP contribution >= 0.6 is 23.5 Å². The zero-order valence-corrected chi connectivity index (χ0v) is 72.4. The van der Waals surface area contributed by atoms with Crippen LogP contribution in [0.2, 0.25) is 0 Å². The first-order valence-electron chi connectivity index (χ1n) is 40.9. The summed E-state index contributed by atoms with van der Waals surface area (Å²) in [5.41, 5.74) is -1.16. The fourth-order valence-corrected chi connectivity index (χ4v) is 19.1. The van der Waals surface area contributed by atoms with Crippen LogP contribution in [-0.2, 0) is 47.7 Å². The van der Waals surface area contributed by atoms with Gasteiger partial charge in [-0.15, -0.1) is 11.8 Å². The largest absolute Gasteiger partial charge is 0.481 e. The number of carboxylic acids is 1. The number of ether oxygens (including phenoxy) is 4. The molecule has 2 amide bonds. The van der Waals surface area contributed by atoms with Gasteiger partial charge in [0.25, 0.3) is 0 Å². The second-order valence-corrected chi connectivity index (χ2v) is 39.8. The number of amides is 2. The lowest BCUT2D eigenvalue weighted by atomic mass is 9.59. The molecule has 105 heavy (non-hydrogen) atoms. The van der Waals surface area contributed by atoms with E-state index >= 15 is 19.2 Å². The van der Waals surface area contributed by atoms with E-state index in [0.717, 1.165) is 37.9 Å². The minimum absolute atomic E-state index is 0.00947. The lowest BCUT2D eigenvalue weighted by molar-refractivity contribution is -0.164. The number of carbonyl (C=O) groups is 7. The number of anilines is 1. The van der Waals surface area contributed by atoms with Crippen LogP contribution < -0.4 is 10.6 Å². The van der Waals surface area contributed by atoms with E-state index in [0.29, 0.717) is 97.2 Å². The van der Waals surface area contributed by atoms with Crippen molar-refractivity contribution in [1.29, 1.82) is 0 Å². The Bertz CT molecular complexity index is 3050. The molecule has 4 N–H and O–H groups in total. The maximum absolute atomic E-state index is 16.0. The first kappa shape index (κ1) is 92.8. The van der Waals surface area contributed by atoms with Crippen LogP contribution in [0.3, 0.4) is 0 Å². The Morgan fingerprint density at radius 3 is 1.47 bits per heavy atom. The van der Waals surface area contributed by atoms with E-state index in [1.165, 1.54) is 76.7 Å². The Morgan fingerprint density at radius 1 is 0.590 bits per heavy atom. The van der Waals surface area contributed by atoms with Crippen molar-refractivity contribution in [1.82, 2.24) is 10.3 Å². The Morgan fingerprint density at radius 2 is 1.04 bits per heavy atom. The Hall–Kier alpha value is -4.58. The van der Waals surface area contributed by atoms with E-state index < -0.39 is 64.0 Å². The van der Waals surface area contributed by atoms with Crippen molar-refractivity contribution in [3.8, 4) is 0 Å². The maximum Gasteiger partial charge on any atom is 0.342 e. The smallest absolute Gasteiger partial charge is 0.342 e. The average molecular weight is 1510 g/mol. The third-order valence-electron chi connectivity index (χ3n) is 23.8. The number of hydrogen-bond acceptors (Lipinski definition) is 14. The molecule has 5 atom stereocenters. The molecule has 1 aliphatic heterocycles. The quantitative estimate of drug-likeness (QED) is 0.0272. The molecule has 2 heterocycles. The van der Waals surface area contributed by atoms with Gasteiger partial charge in [-0.05, 0) is 171 Å². The molecule has 600 valence electrons. The highest BCUT2D eigenvalue weighted by atomic mass is 32.2. The predicted octanol–water partition coefficient (Wildman–Crippen LogP) is 22.0. The number of aromatic nitrogens is 1. The molecule has 0 saturated heterocycles. The third kappa shape index (κ3) is 26.0. The molecule has 5 unspecified atom stereocenters. The average Bonchev–Trinajstić information content (AvgIpc) is 1.69. The summed E-state index contributed by atoms with van der Waals surface area (Å²) in [7, 11) is 1.24. The van der Waals surface area contributed by atoms with Gasteiger partial charge in [-0.3, -0.25) is 24.0 Å². The first-order valence-corrected chi connectivity index (χ1v) is 43.1. The van der Waals surface area contributed by atoms with E-state index in [9.17, 15) is 19.5 Å². The number of rotatable bonds is 40. The van der Waals surface area contributed by atoms with Crippen LogP contribution in [0.15, 0.2) is 21.8 Å². The molecule has 2 fully saturated rings. The number of unbranched alkanes of at least 4 members (excludes halogenated alkanes) is 9. The van der Waals surface area contributed by atoms with Crippen LogP contribution in [0.4, 0.5) is 5.82 Å². The van der Waals surface area contributed by atoms with E-state index in [1.807, 2.05) is 87.1 Å². The van der Waals surface area contributed by atoms with Gasteiger partial charge in [0.05, 0.1) is 31.2 Å². The number of amidine groups is 1. The Labute approximate surface area is 645 Å². The minimum atomic E-state index is -1.11. The van der Waals surface area contributed by atoms with E-state index in [1.54, 1.807) is 0 Å². The highest BCUT2D eigenvalue weighted by Gasteiger charge is 2.52. The molecular formula is C87H148N4O12S2. The second kappa shape index (κ2) is 40.9. The summed E-state index contributed by atoms with van der Waals surface area (Å²) >= 11 is 3.01. The number of aromatic amines is 1. The zero-order valence-electron chi connectivity index (χ0n) is 70.7. The third-order valence-corrected chi connectivity index (χ3v) is 26.6. The SMILES string of the molecule is CCCCCCCCCCCCSCC(C)(C)C(=O)OCCCC(CC)(CC)C(=O)NC1=NC(=Cc2[nH]c(NC(=O)C(CC)(CC)CCCSC(CC(=O)O)C(=O)OC)c(C(=O)OC3C(C(C)(C)C)CC(C)CC3C(C)(C)C)c2C(C)C)C(C(C)C)=C1C(=O)OC1C(C(C)(C)C)CC(C)CC1C(C)(C)C. The highest BCUT2D eigenvalue weighted by molar-refractivity contribution is 8.00. The number of carboxylic acid groups (broad SMARTS) is 1. The van der Waals surface area contributed by atoms with Gasteiger partial charge in [0.2, 0.25) is 11.8 Å². The standard InChI is InChI=1S/C87H148N4O12S2/c1-27-32-33-34-35-36-37-38-39-40-46-104-54-85(24,25)80(99)101-45-41-43-86(28-2,29-3)78(97)90-73-69(76(95)102-71-59(81(12,13)14)48-57(10)49-60(71)82(15,16)17)67(55(6)7)63(88-73)52-64-68(56(8)9)70(77(96)103-72-61(83(18,19)20)50-58(11)51-62(72)84(21,22)23)74(89-64)91-79(98)87(30-4,31-5)44-42-47-105-65(53-66(92)93)75(94)100-26/h52,55-62,65,71-72,89H,27-51,53-54H2,1-26H3,(H,91,98)(H,92,93)(H,88,90,97). The van der Waals surface area contributed by atoms with Crippen LogP contribution in [0, 0.1) is 79.3 Å². The lowest BCUT2D eigenvalue weighted by Gasteiger charge is -2.50. The van der Waals surface area contributed by atoms with Crippen LogP contribution in [0.1, 0.15) is 348 Å². The number of hydrogen-bond donors (Lipinski definition) is 4. The number of thioether (sulfide) groups is 2. The summed E-state index contributed by atoms with van der Waals surface area (Å²) in [5, 5.41) is 15.3. The van der Waals surface area contributed by atoms with Crippen molar-refractivity contribution in [2.45, 2.75) is 344 Å². The summed E-state index contributed by atoms with van der Waals surface area (Å²) in [6.07, 6.45) is 20.3. The first-order chi connectivity index (χ1) is 48.8. The van der Waals surface area contributed by atoms with Crippen molar-refractivity contribution in [3.63, 3.8) is 0 Å². The monoisotopic (exact) mass is 1510 g/mol. The second-order valence-electron chi connectivity index (χ2n) is 37.4. The van der Waals surface area contributed by atoms with Gasteiger partial charge in [-0.25, -0.2) is 14.6 Å². The van der Waals surface area contributed by atoms with Crippen molar-refractivity contribution in [2.24, 2.45) is 84.3 Å². The normalized spacial score (nSPS) is 21.6.